The van der Waals surface area contributed by atoms with Gasteiger partial charge in [-0.1, -0.05) is 24.6 Å². The quantitative estimate of drug-likeness (QED) is 0.725. The molecular formula is C18H29ClN2. The molecule has 0 radical (unpaired) electrons. The molecule has 2 nitrogen and oxygen atoms in total. The fourth-order valence-corrected chi connectivity index (χ4v) is 2.97. The van der Waals surface area contributed by atoms with E-state index < -0.39 is 0 Å². The Bertz CT molecular complexity index is 455. The van der Waals surface area contributed by atoms with Crippen LogP contribution in [-0.2, 0) is 0 Å². The molecule has 0 saturated heterocycles. The summed E-state index contributed by atoms with van der Waals surface area (Å²) < 4.78 is 0. The van der Waals surface area contributed by atoms with E-state index in [9.17, 15) is 0 Å². The van der Waals surface area contributed by atoms with E-state index in [0.717, 1.165) is 30.5 Å². The van der Waals surface area contributed by atoms with E-state index in [1.807, 2.05) is 0 Å². The third-order valence-electron chi connectivity index (χ3n) is 4.26. The molecule has 1 aromatic rings. The molecule has 21 heavy (non-hydrogen) atoms. The van der Waals surface area contributed by atoms with Crippen LogP contribution in [0.2, 0.25) is 5.02 Å². The third-order valence-corrected chi connectivity index (χ3v) is 4.56. The predicted octanol–water partition coefficient (Wildman–Crippen LogP) is 5.03. The number of benzene rings is 1. The minimum atomic E-state index is 0.354. The van der Waals surface area contributed by atoms with Gasteiger partial charge in [-0.15, -0.1) is 0 Å². The third kappa shape index (κ3) is 4.62. The molecule has 1 aliphatic carbocycles. The molecule has 2 rings (SSSR count). The van der Waals surface area contributed by atoms with Crippen LogP contribution in [-0.4, -0.2) is 19.1 Å². The van der Waals surface area contributed by atoms with Crippen molar-refractivity contribution in [1.82, 2.24) is 5.32 Å². The molecule has 0 heterocycles. The van der Waals surface area contributed by atoms with Crippen LogP contribution in [0.4, 0.5) is 5.69 Å². The first-order valence-corrected chi connectivity index (χ1v) is 8.70. The normalized spacial score (nSPS) is 16.3. The maximum atomic E-state index is 6.58. The standard InChI is InChI=1S/C18H29ClN2/c1-5-10-20-14(4)16-8-9-18(17(19)11-16)21(13(2)3)12-15-6-7-15/h8-9,11,13-15,20H,5-7,10,12H2,1-4H3. The molecule has 1 N–H and O–H groups in total. The van der Waals surface area contributed by atoms with Gasteiger partial charge in [-0.25, -0.2) is 0 Å². The Hall–Kier alpha value is -0.730. The van der Waals surface area contributed by atoms with Crippen molar-refractivity contribution in [2.75, 3.05) is 18.0 Å². The van der Waals surface area contributed by atoms with Crippen LogP contribution in [0.15, 0.2) is 18.2 Å². The summed E-state index contributed by atoms with van der Waals surface area (Å²) in [4.78, 5) is 2.45. The fraction of sp³-hybridized carbons (Fsp3) is 0.667. The van der Waals surface area contributed by atoms with Crippen LogP contribution in [0, 0.1) is 5.92 Å². The van der Waals surface area contributed by atoms with Crippen molar-refractivity contribution in [3.63, 3.8) is 0 Å². The highest BCUT2D eigenvalue weighted by molar-refractivity contribution is 6.33. The minimum absolute atomic E-state index is 0.354. The average molecular weight is 309 g/mol. The monoisotopic (exact) mass is 308 g/mol. The van der Waals surface area contributed by atoms with Crippen LogP contribution in [0.5, 0.6) is 0 Å². The number of halogens is 1. The number of nitrogens with one attached hydrogen (secondary N) is 1. The molecule has 1 aromatic carbocycles. The summed E-state index contributed by atoms with van der Waals surface area (Å²) in [5.74, 6) is 0.869. The summed E-state index contributed by atoms with van der Waals surface area (Å²) in [5.41, 5.74) is 2.46. The fourth-order valence-electron chi connectivity index (χ4n) is 2.67. The highest BCUT2D eigenvalue weighted by atomic mass is 35.5. The highest BCUT2D eigenvalue weighted by Crippen LogP contribution is 2.35. The van der Waals surface area contributed by atoms with Gasteiger partial charge in [0, 0.05) is 18.6 Å². The second-order valence-corrected chi connectivity index (χ2v) is 6.98. The van der Waals surface area contributed by atoms with E-state index in [0.29, 0.717) is 12.1 Å². The van der Waals surface area contributed by atoms with E-state index in [-0.39, 0.29) is 0 Å². The molecule has 1 atom stereocenters. The predicted molar refractivity (Wildman–Crippen MR) is 93.4 cm³/mol. The zero-order chi connectivity index (χ0) is 15.4. The highest BCUT2D eigenvalue weighted by Gasteiger charge is 2.26. The van der Waals surface area contributed by atoms with E-state index >= 15 is 0 Å². The van der Waals surface area contributed by atoms with Crippen LogP contribution in [0.25, 0.3) is 0 Å². The topological polar surface area (TPSA) is 15.3 Å². The molecule has 0 aromatic heterocycles. The van der Waals surface area contributed by atoms with Gasteiger partial charge >= 0.3 is 0 Å². The van der Waals surface area contributed by atoms with Gasteiger partial charge in [0.25, 0.3) is 0 Å². The lowest BCUT2D eigenvalue weighted by Gasteiger charge is -2.30. The molecule has 0 bridgehead atoms. The van der Waals surface area contributed by atoms with Crippen molar-refractivity contribution < 1.29 is 0 Å². The Morgan fingerprint density at radius 2 is 2.00 bits per heavy atom. The van der Waals surface area contributed by atoms with Crippen LogP contribution in [0.1, 0.15) is 58.6 Å². The van der Waals surface area contributed by atoms with Crippen molar-refractivity contribution >= 4 is 17.3 Å². The number of hydrogen-bond acceptors (Lipinski definition) is 2. The second kappa shape index (κ2) is 7.51. The van der Waals surface area contributed by atoms with Crippen molar-refractivity contribution in [2.24, 2.45) is 5.92 Å². The van der Waals surface area contributed by atoms with E-state index in [1.165, 1.54) is 24.1 Å². The molecule has 3 heteroatoms. The lowest BCUT2D eigenvalue weighted by atomic mass is 10.1. The van der Waals surface area contributed by atoms with Crippen molar-refractivity contribution in [3.8, 4) is 0 Å². The molecule has 1 fully saturated rings. The molecule has 0 amide bonds. The maximum absolute atomic E-state index is 6.58. The maximum Gasteiger partial charge on any atom is 0.0642 e. The summed E-state index contributed by atoms with van der Waals surface area (Å²) in [5, 5.41) is 4.40. The zero-order valence-electron chi connectivity index (χ0n) is 13.8. The first kappa shape index (κ1) is 16.6. The molecule has 0 spiro atoms. The largest absolute Gasteiger partial charge is 0.368 e. The Labute approximate surface area is 134 Å². The summed E-state index contributed by atoms with van der Waals surface area (Å²) in [6, 6.07) is 7.39. The van der Waals surface area contributed by atoms with Gasteiger partial charge in [0.05, 0.1) is 10.7 Å². The summed E-state index contributed by atoms with van der Waals surface area (Å²) in [7, 11) is 0. The second-order valence-electron chi connectivity index (χ2n) is 6.58. The smallest absolute Gasteiger partial charge is 0.0642 e. The van der Waals surface area contributed by atoms with Crippen molar-refractivity contribution in [1.29, 1.82) is 0 Å². The summed E-state index contributed by atoms with van der Waals surface area (Å²) >= 11 is 6.58. The minimum Gasteiger partial charge on any atom is -0.368 e. The first-order chi connectivity index (χ1) is 10.0. The summed E-state index contributed by atoms with van der Waals surface area (Å²) in [6.45, 7) is 11.1. The Kier molecular flexibility index (Phi) is 5.95. The van der Waals surface area contributed by atoms with Gasteiger partial charge in [-0.2, -0.15) is 0 Å². The number of rotatable bonds is 8. The Morgan fingerprint density at radius 1 is 1.29 bits per heavy atom. The van der Waals surface area contributed by atoms with Crippen molar-refractivity contribution in [2.45, 2.75) is 59.0 Å². The molecular weight excluding hydrogens is 280 g/mol. The van der Waals surface area contributed by atoms with E-state index in [4.69, 9.17) is 11.6 Å². The Morgan fingerprint density at radius 3 is 2.52 bits per heavy atom. The summed E-state index contributed by atoms with van der Waals surface area (Å²) in [6.07, 6.45) is 3.90. The lowest BCUT2D eigenvalue weighted by Crippen LogP contribution is -2.33. The van der Waals surface area contributed by atoms with Crippen LogP contribution >= 0.6 is 11.6 Å². The molecule has 1 saturated carbocycles. The van der Waals surface area contributed by atoms with Gasteiger partial charge in [0.2, 0.25) is 0 Å². The molecule has 1 aliphatic rings. The van der Waals surface area contributed by atoms with Gasteiger partial charge in [0.15, 0.2) is 0 Å². The number of hydrogen-bond donors (Lipinski definition) is 1. The molecule has 118 valence electrons. The van der Waals surface area contributed by atoms with Gasteiger partial charge in [-0.3, -0.25) is 0 Å². The van der Waals surface area contributed by atoms with Gasteiger partial charge in [-0.05, 0) is 70.2 Å². The molecule has 0 aliphatic heterocycles. The SMILES string of the molecule is CCCNC(C)c1ccc(N(CC2CC2)C(C)C)c(Cl)c1. The average Bonchev–Trinajstić information content (AvgIpc) is 3.26. The van der Waals surface area contributed by atoms with Gasteiger partial charge < -0.3 is 10.2 Å². The van der Waals surface area contributed by atoms with Crippen LogP contribution < -0.4 is 10.2 Å². The van der Waals surface area contributed by atoms with E-state index in [1.54, 1.807) is 0 Å². The number of nitrogens with zero attached hydrogens (tertiary/aromatic N) is 1. The Balaban J connectivity index is 2.12. The zero-order valence-corrected chi connectivity index (χ0v) is 14.6. The number of anilines is 1. The lowest BCUT2D eigenvalue weighted by molar-refractivity contribution is 0.570. The molecule has 1 unspecified atom stereocenters. The van der Waals surface area contributed by atoms with Crippen molar-refractivity contribution in [3.05, 3.63) is 28.8 Å². The first-order valence-electron chi connectivity index (χ1n) is 8.32. The van der Waals surface area contributed by atoms with E-state index in [2.05, 4.69) is 56.1 Å². The van der Waals surface area contributed by atoms with Crippen LogP contribution in [0.3, 0.4) is 0 Å². The van der Waals surface area contributed by atoms with Gasteiger partial charge in [0.1, 0.15) is 0 Å².